The van der Waals surface area contributed by atoms with Gasteiger partial charge in [0.15, 0.2) is 0 Å². The second kappa shape index (κ2) is 5.37. The Morgan fingerprint density at radius 2 is 2.20 bits per heavy atom. The maximum absolute atomic E-state index is 9.10. The Balaban J connectivity index is 1.85. The number of rotatable bonds is 3. The summed E-state index contributed by atoms with van der Waals surface area (Å²) < 4.78 is 6.02. The van der Waals surface area contributed by atoms with E-state index in [9.17, 15) is 0 Å². The first-order valence-corrected chi connectivity index (χ1v) is 7.38. The fourth-order valence-electron chi connectivity index (χ4n) is 2.76. The molecule has 1 saturated carbocycles. The molecule has 2 heterocycles. The molecule has 0 radical (unpaired) electrons. The molecule has 0 N–H and O–H groups in total. The normalized spacial score (nSPS) is 26.4. The summed E-state index contributed by atoms with van der Waals surface area (Å²) in [5.74, 6) is 2.32. The number of hydrogen-bond donors (Lipinski definition) is 0. The average molecular weight is 272 g/mol. The zero-order valence-electron chi connectivity index (χ0n) is 12.0. The number of morpholine rings is 1. The summed E-state index contributed by atoms with van der Waals surface area (Å²) in [6.45, 7) is 5.82. The fraction of sp³-hybridized carbons (Fsp3) is 0.667. The van der Waals surface area contributed by atoms with Crippen LogP contribution in [-0.4, -0.2) is 35.3 Å². The Bertz CT molecular complexity index is 535. The average Bonchev–Trinajstić information content (AvgIpc) is 3.30. The first-order valence-electron chi connectivity index (χ1n) is 7.38. The number of nitrogens with zero attached hydrogens (tertiary/aromatic N) is 4. The lowest BCUT2D eigenvalue weighted by Gasteiger charge is -2.37. The molecule has 0 aromatic carbocycles. The maximum atomic E-state index is 9.10. The highest BCUT2D eigenvalue weighted by Gasteiger charge is 2.37. The van der Waals surface area contributed by atoms with Crippen molar-refractivity contribution in [3.63, 3.8) is 0 Å². The Hall–Kier alpha value is -1.67. The second-order valence-corrected chi connectivity index (χ2v) is 5.72. The Kier molecular flexibility index (Phi) is 3.58. The minimum absolute atomic E-state index is 0.208. The minimum atomic E-state index is 0.208. The molecule has 5 nitrogen and oxygen atoms in total. The van der Waals surface area contributed by atoms with Crippen molar-refractivity contribution in [3.8, 4) is 6.07 Å². The number of hydrogen-bond acceptors (Lipinski definition) is 5. The topological polar surface area (TPSA) is 62.0 Å². The van der Waals surface area contributed by atoms with E-state index in [4.69, 9.17) is 10.00 Å². The van der Waals surface area contributed by atoms with E-state index in [1.807, 2.05) is 6.92 Å². The Labute approximate surface area is 119 Å². The second-order valence-electron chi connectivity index (χ2n) is 5.72. The van der Waals surface area contributed by atoms with Gasteiger partial charge in [0.05, 0.1) is 12.2 Å². The number of aromatic nitrogens is 2. The van der Waals surface area contributed by atoms with Crippen LogP contribution in [0.4, 0.5) is 5.82 Å². The highest BCUT2D eigenvalue weighted by molar-refractivity contribution is 5.44. The summed E-state index contributed by atoms with van der Waals surface area (Å²) in [5.41, 5.74) is 0.453. The molecule has 2 aliphatic rings. The van der Waals surface area contributed by atoms with Crippen molar-refractivity contribution >= 4 is 5.82 Å². The third-order valence-corrected chi connectivity index (χ3v) is 3.95. The van der Waals surface area contributed by atoms with Crippen LogP contribution in [0.3, 0.4) is 0 Å². The molecule has 0 unspecified atom stereocenters. The molecule has 2 atom stereocenters. The van der Waals surface area contributed by atoms with Crippen LogP contribution in [0.2, 0.25) is 0 Å². The summed E-state index contributed by atoms with van der Waals surface area (Å²) in [7, 11) is 0. The summed E-state index contributed by atoms with van der Waals surface area (Å²) in [5, 5.41) is 9.10. The molecule has 1 aliphatic heterocycles. The lowest BCUT2D eigenvalue weighted by Crippen LogP contribution is -2.48. The van der Waals surface area contributed by atoms with Crippen molar-refractivity contribution in [1.29, 1.82) is 5.26 Å². The monoisotopic (exact) mass is 272 g/mol. The smallest absolute Gasteiger partial charge is 0.146 e. The number of ether oxygens (including phenoxy) is 1. The van der Waals surface area contributed by atoms with Crippen molar-refractivity contribution < 1.29 is 4.74 Å². The van der Waals surface area contributed by atoms with Gasteiger partial charge in [-0.15, -0.1) is 0 Å². The van der Waals surface area contributed by atoms with Crippen molar-refractivity contribution in [2.75, 3.05) is 18.0 Å². The van der Waals surface area contributed by atoms with E-state index in [1.165, 1.54) is 12.8 Å². The van der Waals surface area contributed by atoms with Gasteiger partial charge < -0.3 is 9.64 Å². The van der Waals surface area contributed by atoms with Crippen LogP contribution in [0.25, 0.3) is 0 Å². The van der Waals surface area contributed by atoms with Gasteiger partial charge in [-0.3, -0.25) is 0 Å². The number of nitriles is 1. The number of aryl methyl sites for hydroxylation is 1. The summed E-state index contributed by atoms with van der Waals surface area (Å²) in [4.78, 5) is 11.0. The zero-order valence-corrected chi connectivity index (χ0v) is 12.0. The van der Waals surface area contributed by atoms with Gasteiger partial charge in [-0.1, -0.05) is 6.92 Å². The van der Waals surface area contributed by atoms with Crippen molar-refractivity contribution in [3.05, 3.63) is 17.6 Å². The summed E-state index contributed by atoms with van der Waals surface area (Å²) >= 11 is 0. The molecule has 1 aliphatic carbocycles. The SMILES string of the molecule is CCc1nc(C#N)cc(N2C[C@@H](C)O[C@@H](C3CC3)C2)n1. The Morgan fingerprint density at radius 3 is 2.85 bits per heavy atom. The summed E-state index contributed by atoms with van der Waals surface area (Å²) in [6, 6.07) is 3.92. The zero-order chi connectivity index (χ0) is 14.1. The van der Waals surface area contributed by atoms with E-state index in [-0.39, 0.29) is 6.10 Å². The molecule has 0 bridgehead atoms. The van der Waals surface area contributed by atoms with Gasteiger partial charge in [-0.2, -0.15) is 5.26 Å². The van der Waals surface area contributed by atoms with Crippen LogP contribution >= 0.6 is 0 Å². The standard InChI is InChI=1S/C15H20N4O/c1-3-14-17-12(7-16)6-15(18-14)19-8-10(2)20-13(9-19)11-4-5-11/h6,10-11,13H,3-5,8-9H2,1-2H3/t10-,13-/m1/s1. The van der Waals surface area contributed by atoms with Crippen LogP contribution in [0, 0.1) is 17.2 Å². The van der Waals surface area contributed by atoms with Gasteiger partial charge in [0.25, 0.3) is 0 Å². The molecule has 106 valence electrons. The van der Waals surface area contributed by atoms with E-state index in [2.05, 4.69) is 27.9 Å². The molecule has 1 aromatic heterocycles. The van der Waals surface area contributed by atoms with Crippen molar-refractivity contribution in [1.82, 2.24) is 9.97 Å². The van der Waals surface area contributed by atoms with Crippen LogP contribution < -0.4 is 4.90 Å². The van der Waals surface area contributed by atoms with E-state index < -0.39 is 0 Å². The van der Waals surface area contributed by atoms with Crippen LogP contribution in [0.5, 0.6) is 0 Å². The van der Waals surface area contributed by atoms with E-state index in [0.29, 0.717) is 17.7 Å². The number of anilines is 1. The first-order chi connectivity index (χ1) is 9.69. The predicted octanol–water partition coefficient (Wildman–Crippen LogP) is 1.91. The largest absolute Gasteiger partial charge is 0.371 e. The molecular formula is C15H20N4O. The highest BCUT2D eigenvalue weighted by Crippen LogP contribution is 2.37. The Morgan fingerprint density at radius 1 is 1.40 bits per heavy atom. The molecule has 0 spiro atoms. The van der Waals surface area contributed by atoms with E-state index in [0.717, 1.165) is 31.2 Å². The predicted molar refractivity (Wildman–Crippen MR) is 75.4 cm³/mol. The van der Waals surface area contributed by atoms with Gasteiger partial charge in [0.2, 0.25) is 0 Å². The highest BCUT2D eigenvalue weighted by atomic mass is 16.5. The van der Waals surface area contributed by atoms with Crippen LogP contribution in [-0.2, 0) is 11.2 Å². The molecule has 20 heavy (non-hydrogen) atoms. The quantitative estimate of drug-likeness (QED) is 0.841. The minimum Gasteiger partial charge on any atom is -0.371 e. The molecule has 5 heteroatoms. The molecule has 1 aromatic rings. The van der Waals surface area contributed by atoms with Gasteiger partial charge >= 0.3 is 0 Å². The van der Waals surface area contributed by atoms with Crippen molar-refractivity contribution in [2.24, 2.45) is 5.92 Å². The molecule has 3 rings (SSSR count). The van der Waals surface area contributed by atoms with Crippen molar-refractivity contribution in [2.45, 2.75) is 45.3 Å². The molecule has 1 saturated heterocycles. The maximum Gasteiger partial charge on any atom is 0.146 e. The summed E-state index contributed by atoms with van der Waals surface area (Å²) in [6.07, 6.45) is 3.82. The molecule has 2 fully saturated rings. The third kappa shape index (κ3) is 2.75. The fourth-order valence-corrected chi connectivity index (χ4v) is 2.76. The van der Waals surface area contributed by atoms with Gasteiger partial charge in [0, 0.05) is 25.6 Å². The van der Waals surface area contributed by atoms with E-state index in [1.54, 1.807) is 6.07 Å². The van der Waals surface area contributed by atoms with Crippen LogP contribution in [0.15, 0.2) is 6.07 Å². The van der Waals surface area contributed by atoms with Gasteiger partial charge in [-0.25, -0.2) is 9.97 Å². The molecule has 0 amide bonds. The van der Waals surface area contributed by atoms with E-state index >= 15 is 0 Å². The lowest BCUT2D eigenvalue weighted by atomic mass is 10.1. The van der Waals surface area contributed by atoms with Crippen LogP contribution in [0.1, 0.15) is 38.2 Å². The van der Waals surface area contributed by atoms with Gasteiger partial charge in [-0.05, 0) is 25.7 Å². The third-order valence-electron chi connectivity index (χ3n) is 3.95. The van der Waals surface area contributed by atoms with Gasteiger partial charge in [0.1, 0.15) is 23.4 Å². The molecular weight excluding hydrogens is 252 g/mol. The lowest BCUT2D eigenvalue weighted by molar-refractivity contribution is -0.0273. The first kappa shape index (κ1) is 13.3.